The van der Waals surface area contributed by atoms with Crippen LogP contribution in [0.3, 0.4) is 0 Å². The Morgan fingerprint density at radius 3 is 2.69 bits per heavy atom. The quantitative estimate of drug-likeness (QED) is 0.444. The molecule has 39 heavy (non-hydrogen) atoms. The van der Waals surface area contributed by atoms with Gasteiger partial charge in [-0.2, -0.15) is 0 Å². The fraction of sp³-hybridized carbons (Fsp3) is 0.538. The Balaban J connectivity index is 1.34. The van der Waals surface area contributed by atoms with Crippen molar-refractivity contribution in [2.24, 2.45) is 0 Å². The topological polar surface area (TPSA) is 136 Å². The molecule has 4 heterocycles. The zero-order valence-electron chi connectivity index (χ0n) is 21.6. The molecule has 210 valence electrons. The molecule has 0 aliphatic carbocycles. The summed E-state index contributed by atoms with van der Waals surface area (Å²) in [6.45, 7) is 2.50. The van der Waals surface area contributed by atoms with E-state index in [0.717, 1.165) is 18.6 Å². The van der Waals surface area contributed by atoms with Gasteiger partial charge >= 0.3 is 0 Å². The number of halogens is 2. The van der Waals surface area contributed by atoms with Gasteiger partial charge in [-0.25, -0.2) is 9.07 Å². The number of benzene rings is 1. The van der Waals surface area contributed by atoms with E-state index in [1.54, 1.807) is 19.2 Å². The van der Waals surface area contributed by atoms with Gasteiger partial charge in [0.25, 0.3) is 0 Å². The maximum Gasteiger partial charge on any atom is 0.219 e. The van der Waals surface area contributed by atoms with Crippen molar-refractivity contribution in [2.45, 2.75) is 62.6 Å². The molecule has 2 aliphatic heterocycles. The molecule has 5 rings (SSSR count). The Labute approximate surface area is 229 Å². The van der Waals surface area contributed by atoms with E-state index < -0.39 is 42.9 Å². The molecule has 0 radical (unpaired) electrons. The Bertz CT molecular complexity index is 1300. The number of likely N-dealkylation sites (tertiary alicyclic amines) is 1. The van der Waals surface area contributed by atoms with E-state index in [1.807, 2.05) is 11.0 Å². The van der Waals surface area contributed by atoms with Crippen LogP contribution in [-0.4, -0.2) is 92.4 Å². The molecule has 1 aromatic carbocycles. The van der Waals surface area contributed by atoms with E-state index in [4.69, 9.17) is 25.6 Å². The third-order valence-corrected chi connectivity index (χ3v) is 7.90. The highest BCUT2D eigenvalue weighted by molar-refractivity contribution is 6.30. The smallest absolute Gasteiger partial charge is 0.219 e. The number of rotatable bonds is 7. The van der Waals surface area contributed by atoms with E-state index in [1.165, 1.54) is 23.9 Å². The van der Waals surface area contributed by atoms with Crippen LogP contribution in [0, 0.1) is 5.82 Å². The minimum atomic E-state index is -1.16. The average molecular weight is 564 g/mol. The second-order valence-corrected chi connectivity index (χ2v) is 10.4. The van der Waals surface area contributed by atoms with Crippen LogP contribution in [0.4, 0.5) is 4.39 Å². The molecule has 0 spiro atoms. The van der Waals surface area contributed by atoms with Gasteiger partial charge < -0.3 is 29.1 Å². The number of carbonyl (C=O) groups excluding carboxylic acids is 1. The number of hydrogen-bond donors (Lipinski definition) is 2. The molecule has 1 amide bonds. The molecule has 2 saturated heterocycles. The second kappa shape index (κ2) is 11.7. The van der Waals surface area contributed by atoms with Gasteiger partial charge in [0, 0.05) is 51.1 Å². The largest absolute Gasteiger partial charge is 0.394 e. The number of ether oxygens (including phenoxy) is 2. The molecule has 3 aromatic rings. The zero-order valence-corrected chi connectivity index (χ0v) is 22.4. The molecule has 0 saturated carbocycles. The number of piperidine rings is 1. The number of hydrogen-bond acceptors (Lipinski definition) is 9. The summed E-state index contributed by atoms with van der Waals surface area (Å²) in [5.41, 5.74) is 1.50. The number of carbonyl (C=O) groups is 1. The Hall–Kier alpha value is -2.90. The van der Waals surface area contributed by atoms with Gasteiger partial charge in [0.1, 0.15) is 41.6 Å². The molecule has 0 unspecified atom stereocenters. The van der Waals surface area contributed by atoms with Gasteiger partial charge in [0.2, 0.25) is 5.91 Å². The highest BCUT2D eigenvalue weighted by Gasteiger charge is 2.47. The lowest BCUT2D eigenvalue weighted by molar-refractivity contribution is -0.212. The van der Waals surface area contributed by atoms with Crippen molar-refractivity contribution in [1.82, 2.24) is 25.1 Å². The van der Waals surface area contributed by atoms with Crippen molar-refractivity contribution in [3.05, 3.63) is 52.8 Å². The van der Waals surface area contributed by atoms with E-state index in [2.05, 4.69) is 15.5 Å². The maximum atomic E-state index is 14.0. The maximum absolute atomic E-state index is 14.0. The van der Waals surface area contributed by atoms with Gasteiger partial charge in [-0.1, -0.05) is 28.0 Å². The van der Waals surface area contributed by atoms with Gasteiger partial charge in [-0.3, -0.25) is 4.79 Å². The van der Waals surface area contributed by atoms with Crippen LogP contribution >= 0.6 is 11.6 Å². The first-order chi connectivity index (χ1) is 18.8. The lowest BCUT2D eigenvalue weighted by Crippen LogP contribution is -2.57. The third-order valence-electron chi connectivity index (χ3n) is 7.60. The summed E-state index contributed by atoms with van der Waals surface area (Å²) in [5, 5.41) is 33.6. The molecular formula is C26H31ClFN5O6. The van der Waals surface area contributed by atoms with Crippen LogP contribution in [-0.2, 0) is 20.7 Å². The van der Waals surface area contributed by atoms with Crippen LogP contribution in [0.1, 0.15) is 43.2 Å². The number of aliphatic hydroxyl groups excluding tert-OH is 2. The van der Waals surface area contributed by atoms with Gasteiger partial charge in [-0.15, -0.1) is 5.10 Å². The van der Waals surface area contributed by atoms with Crippen molar-refractivity contribution >= 4 is 17.5 Å². The summed E-state index contributed by atoms with van der Waals surface area (Å²) < 4.78 is 32.9. The molecule has 2 aliphatic rings. The zero-order chi connectivity index (χ0) is 27.7. The number of amides is 1. The monoisotopic (exact) mass is 563 g/mol. The first-order valence-electron chi connectivity index (χ1n) is 12.8. The first kappa shape index (κ1) is 27.7. The number of methoxy groups -OCH3 is 1. The second-order valence-electron chi connectivity index (χ2n) is 9.99. The van der Waals surface area contributed by atoms with E-state index >= 15 is 0 Å². The van der Waals surface area contributed by atoms with E-state index in [9.17, 15) is 19.4 Å². The van der Waals surface area contributed by atoms with Crippen LogP contribution < -0.4 is 0 Å². The summed E-state index contributed by atoms with van der Waals surface area (Å²) in [4.78, 5) is 13.5. The standard InChI is InChI=1S/C26H31ClFN5O6/c1-14(35)32-7-5-15(6-8-32)21-10-17(30-39-21)11-22-26(37-2)24(25(36)23(13-34)38-22)33-12-20(29-31-33)16-3-4-18(27)19(28)9-16/h3-4,9-10,12,15,22-26,34,36H,5-8,11,13H2,1-2H3/t22-,23-,24+,25+,26+/m1/s1. The molecule has 2 fully saturated rings. The SMILES string of the molecule is CO[C@@H]1[C@@H](n2cc(-c3ccc(Cl)c(F)c3)nn2)[C@@H](O)[C@@H](CO)O[C@@H]1Cc1cc(C2CCN(C(C)=O)CC2)on1. The molecular weight excluding hydrogens is 533 g/mol. The Kier molecular flexibility index (Phi) is 8.29. The van der Waals surface area contributed by atoms with E-state index in [0.29, 0.717) is 36.5 Å². The molecule has 2 aromatic heterocycles. The first-order valence-corrected chi connectivity index (χ1v) is 13.2. The van der Waals surface area contributed by atoms with Crippen molar-refractivity contribution in [3.63, 3.8) is 0 Å². The number of aliphatic hydroxyl groups is 2. The van der Waals surface area contributed by atoms with Gasteiger partial charge in [0.05, 0.1) is 29.6 Å². The summed E-state index contributed by atoms with van der Waals surface area (Å²) in [5.74, 6) is 0.408. The fourth-order valence-electron chi connectivity index (χ4n) is 5.44. The average Bonchev–Trinajstić information content (AvgIpc) is 3.61. The van der Waals surface area contributed by atoms with Gasteiger partial charge in [-0.05, 0) is 25.0 Å². The highest BCUT2D eigenvalue weighted by Crippen LogP contribution is 2.35. The van der Waals surface area contributed by atoms with Crippen molar-refractivity contribution in [3.8, 4) is 11.3 Å². The molecule has 5 atom stereocenters. The summed E-state index contributed by atoms with van der Waals surface area (Å²) >= 11 is 5.80. The predicted octanol–water partition coefficient (Wildman–Crippen LogP) is 2.37. The third kappa shape index (κ3) is 5.71. The van der Waals surface area contributed by atoms with Crippen molar-refractivity contribution < 1.29 is 33.4 Å². The normalized spacial score (nSPS) is 26.2. The number of nitrogens with zero attached hydrogens (tertiary/aromatic N) is 5. The Morgan fingerprint density at radius 1 is 1.26 bits per heavy atom. The molecule has 11 nitrogen and oxygen atoms in total. The molecule has 2 N–H and O–H groups in total. The summed E-state index contributed by atoms with van der Waals surface area (Å²) in [6, 6.07) is 5.45. The van der Waals surface area contributed by atoms with Crippen LogP contribution in [0.25, 0.3) is 11.3 Å². The van der Waals surface area contributed by atoms with Crippen molar-refractivity contribution in [1.29, 1.82) is 0 Å². The lowest BCUT2D eigenvalue weighted by atomic mass is 9.89. The van der Waals surface area contributed by atoms with E-state index in [-0.39, 0.29) is 16.8 Å². The predicted molar refractivity (Wildman–Crippen MR) is 136 cm³/mol. The summed E-state index contributed by atoms with van der Waals surface area (Å²) in [6.07, 6.45) is 0.126. The molecule has 0 bridgehead atoms. The van der Waals surface area contributed by atoms with Crippen LogP contribution in [0.15, 0.2) is 35.0 Å². The lowest BCUT2D eigenvalue weighted by Gasteiger charge is -2.43. The minimum Gasteiger partial charge on any atom is -0.394 e. The van der Waals surface area contributed by atoms with Crippen LogP contribution in [0.5, 0.6) is 0 Å². The minimum absolute atomic E-state index is 0.00314. The summed E-state index contributed by atoms with van der Waals surface area (Å²) in [7, 11) is 1.50. The Morgan fingerprint density at radius 2 is 2.03 bits per heavy atom. The van der Waals surface area contributed by atoms with Gasteiger partial charge in [0.15, 0.2) is 0 Å². The highest BCUT2D eigenvalue weighted by atomic mass is 35.5. The number of aromatic nitrogens is 4. The van der Waals surface area contributed by atoms with Crippen LogP contribution in [0.2, 0.25) is 5.02 Å². The van der Waals surface area contributed by atoms with Crippen molar-refractivity contribution in [2.75, 3.05) is 26.8 Å². The molecule has 13 heteroatoms. The fourth-order valence-corrected chi connectivity index (χ4v) is 5.56.